The van der Waals surface area contributed by atoms with Crippen LogP contribution in [0.2, 0.25) is 0 Å². The van der Waals surface area contributed by atoms with Gasteiger partial charge in [-0.05, 0) is 13.8 Å². The molecule has 2 aromatic heterocycles. The van der Waals surface area contributed by atoms with Gasteiger partial charge in [-0.3, -0.25) is 4.79 Å². The van der Waals surface area contributed by atoms with Crippen LogP contribution in [0, 0.1) is 6.92 Å². The first-order chi connectivity index (χ1) is 10.6. The van der Waals surface area contributed by atoms with Gasteiger partial charge in [0.2, 0.25) is 0 Å². The maximum atomic E-state index is 11.8. The number of aryl methyl sites for hydroxylation is 2. The van der Waals surface area contributed by atoms with E-state index in [0.29, 0.717) is 26.2 Å². The zero-order chi connectivity index (χ0) is 15.7. The molecule has 0 N–H and O–H groups in total. The minimum absolute atomic E-state index is 0.0263. The minimum atomic E-state index is -0.193. The van der Waals surface area contributed by atoms with Crippen molar-refractivity contribution in [3.63, 3.8) is 0 Å². The Balaban J connectivity index is 1.85. The van der Waals surface area contributed by atoms with Gasteiger partial charge in [-0.2, -0.15) is 5.10 Å². The molecule has 1 fully saturated rings. The number of ether oxygens (including phenoxy) is 2. The summed E-state index contributed by atoms with van der Waals surface area (Å²) < 4.78 is 13.5. The lowest BCUT2D eigenvalue weighted by Gasteiger charge is -2.34. The van der Waals surface area contributed by atoms with Crippen molar-refractivity contribution in [3.8, 4) is 0 Å². The SMILES string of the molecule is CCOC(=O)C[C@H]1COCCN1c1nc2c(s1)c(C)nn2C. The highest BCUT2D eigenvalue weighted by Crippen LogP contribution is 2.33. The average molecular weight is 324 g/mol. The second-order valence-corrected chi connectivity index (χ2v) is 6.27. The quantitative estimate of drug-likeness (QED) is 0.794. The first-order valence-electron chi connectivity index (χ1n) is 7.40. The monoisotopic (exact) mass is 324 g/mol. The molecule has 1 saturated heterocycles. The van der Waals surface area contributed by atoms with Crippen molar-refractivity contribution in [2.24, 2.45) is 7.05 Å². The molecule has 0 amide bonds. The molecule has 0 saturated carbocycles. The number of anilines is 1. The number of nitrogens with zero attached hydrogens (tertiary/aromatic N) is 4. The summed E-state index contributed by atoms with van der Waals surface area (Å²) in [6, 6.07) is -0.0263. The minimum Gasteiger partial charge on any atom is -0.466 e. The van der Waals surface area contributed by atoms with E-state index in [-0.39, 0.29) is 12.0 Å². The van der Waals surface area contributed by atoms with Crippen LogP contribution in [0.25, 0.3) is 10.3 Å². The van der Waals surface area contributed by atoms with Gasteiger partial charge in [-0.25, -0.2) is 9.67 Å². The number of aromatic nitrogens is 3. The second kappa shape index (κ2) is 6.21. The average Bonchev–Trinajstić information content (AvgIpc) is 3.02. The predicted molar refractivity (Wildman–Crippen MR) is 84.3 cm³/mol. The molecule has 0 radical (unpaired) electrons. The van der Waals surface area contributed by atoms with Crippen LogP contribution in [0.3, 0.4) is 0 Å². The first kappa shape index (κ1) is 15.2. The van der Waals surface area contributed by atoms with Gasteiger partial charge >= 0.3 is 5.97 Å². The largest absolute Gasteiger partial charge is 0.466 e. The van der Waals surface area contributed by atoms with Gasteiger partial charge in [0, 0.05) is 13.6 Å². The molecular weight excluding hydrogens is 304 g/mol. The lowest BCUT2D eigenvalue weighted by Crippen LogP contribution is -2.46. The molecule has 7 nitrogen and oxygen atoms in total. The summed E-state index contributed by atoms with van der Waals surface area (Å²) >= 11 is 1.62. The topological polar surface area (TPSA) is 69.5 Å². The standard InChI is InChI=1S/C14H20N4O3S/c1-4-21-11(19)7-10-8-20-6-5-18(10)14-15-13-12(22-14)9(2)16-17(13)3/h10H,4-8H2,1-3H3/t10-/m0/s1. The third-order valence-electron chi connectivity index (χ3n) is 3.71. The fourth-order valence-corrected chi connectivity index (χ4v) is 3.81. The van der Waals surface area contributed by atoms with E-state index in [0.717, 1.165) is 27.7 Å². The van der Waals surface area contributed by atoms with Gasteiger partial charge in [0.25, 0.3) is 0 Å². The Labute approximate surface area is 132 Å². The molecule has 3 heterocycles. The number of carbonyl (C=O) groups excluding carboxylic acids is 1. The Morgan fingerprint density at radius 3 is 3.09 bits per heavy atom. The number of hydrogen-bond donors (Lipinski definition) is 0. The second-order valence-electron chi connectivity index (χ2n) is 5.29. The fraction of sp³-hybridized carbons (Fsp3) is 0.643. The van der Waals surface area contributed by atoms with E-state index in [1.807, 2.05) is 20.9 Å². The fourth-order valence-electron chi connectivity index (χ4n) is 2.68. The van der Waals surface area contributed by atoms with Gasteiger partial charge in [0.1, 0.15) is 0 Å². The molecule has 1 aliphatic rings. The number of hydrogen-bond acceptors (Lipinski definition) is 7. The molecular formula is C14H20N4O3S. The lowest BCUT2D eigenvalue weighted by molar-refractivity contribution is -0.144. The zero-order valence-corrected chi connectivity index (χ0v) is 13.9. The van der Waals surface area contributed by atoms with Crippen LogP contribution >= 0.6 is 11.3 Å². The molecule has 22 heavy (non-hydrogen) atoms. The van der Waals surface area contributed by atoms with Crippen molar-refractivity contribution < 1.29 is 14.3 Å². The van der Waals surface area contributed by atoms with Crippen LogP contribution in [0.15, 0.2) is 0 Å². The smallest absolute Gasteiger partial charge is 0.307 e. The molecule has 1 atom stereocenters. The molecule has 8 heteroatoms. The van der Waals surface area contributed by atoms with Crippen LogP contribution in [0.4, 0.5) is 5.13 Å². The van der Waals surface area contributed by atoms with Crippen LogP contribution in [-0.4, -0.2) is 53.1 Å². The van der Waals surface area contributed by atoms with Crippen molar-refractivity contribution in [2.45, 2.75) is 26.3 Å². The third-order valence-corrected chi connectivity index (χ3v) is 4.90. The van der Waals surface area contributed by atoms with Crippen LogP contribution < -0.4 is 4.90 Å². The van der Waals surface area contributed by atoms with Crippen LogP contribution in [0.5, 0.6) is 0 Å². The number of esters is 1. The van der Waals surface area contributed by atoms with Crippen molar-refractivity contribution in [1.82, 2.24) is 14.8 Å². The summed E-state index contributed by atoms with van der Waals surface area (Å²) in [5.41, 5.74) is 1.87. The Morgan fingerprint density at radius 2 is 2.36 bits per heavy atom. The van der Waals surface area contributed by atoms with Crippen molar-refractivity contribution in [2.75, 3.05) is 31.3 Å². The Hall–Kier alpha value is -1.67. The number of morpholine rings is 1. The van der Waals surface area contributed by atoms with E-state index in [1.54, 1.807) is 16.0 Å². The van der Waals surface area contributed by atoms with Crippen LogP contribution in [-0.2, 0) is 21.3 Å². The van der Waals surface area contributed by atoms with Gasteiger partial charge < -0.3 is 14.4 Å². The molecule has 3 rings (SSSR count). The molecule has 120 valence electrons. The highest BCUT2D eigenvalue weighted by atomic mass is 32.1. The van der Waals surface area contributed by atoms with E-state index in [4.69, 9.17) is 14.5 Å². The molecule has 0 aromatic carbocycles. The lowest BCUT2D eigenvalue weighted by atomic mass is 10.2. The number of rotatable bonds is 4. The maximum Gasteiger partial charge on any atom is 0.307 e. The Kier molecular flexibility index (Phi) is 4.30. The number of carbonyl (C=O) groups is 1. The maximum absolute atomic E-state index is 11.8. The summed E-state index contributed by atoms with van der Waals surface area (Å²) in [5, 5.41) is 5.30. The molecule has 0 bridgehead atoms. The molecule has 1 aliphatic heterocycles. The van der Waals surface area contributed by atoms with E-state index >= 15 is 0 Å². The highest BCUT2D eigenvalue weighted by Gasteiger charge is 2.29. The molecule has 0 spiro atoms. The normalized spacial score (nSPS) is 18.9. The highest BCUT2D eigenvalue weighted by molar-refractivity contribution is 7.22. The van der Waals surface area contributed by atoms with E-state index in [1.165, 1.54) is 0 Å². The van der Waals surface area contributed by atoms with E-state index in [2.05, 4.69) is 10.00 Å². The van der Waals surface area contributed by atoms with Gasteiger partial charge in [0.15, 0.2) is 10.8 Å². The number of fused-ring (bicyclic) bond motifs is 1. The predicted octanol–water partition coefficient (Wildman–Crippen LogP) is 1.50. The van der Waals surface area contributed by atoms with Gasteiger partial charge in [0.05, 0.1) is 42.7 Å². The summed E-state index contributed by atoms with van der Waals surface area (Å²) in [4.78, 5) is 18.6. The van der Waals surface area contributed by atoms with Crippen molar-refractivity contribution in [3.05, 3.63) is 5.69 Å². The molecule has 0 unspecified atom stereocenters. The van der Waals surface area contributed by atoms with Gasteiger partial charge in [-0.1, -0.05) is 11.3 Å². The summed E-state index contributed by atoms with van der Waals surface area (Å²) in [6.07, 6.45) is 0.320. The van der Waals surface area contributed by atoms with E-state index in [9.17, 15) is 4.79 Å². The van der Waals surface area contributed by atoms with Gasteiger partial charge in [-0.15, -0.1) is 0 Å². The summed E-state index contributed by atoms with van der Waals surface area (Å²) in [5.74, 6) is -0.193. The summed E-state index contributed by atoms with van der Waals surface area (Å²) in [7, 11) is 1.90. The third kappa shape index (κ3) is 2.80. The van der Waals surface area contributed by atoms with Crippen molar-refractivity contribution in [1.29, 1.82) is 0 Å². The number of thiazole rings is 1. The van der Waals surface area contributed by atoms with Crippen LogP contribution in [0.1, 0.15) is 19.0 Å². The Morgan fingerprint density at radius 1 is 1.55 bits per heavy atom. The molecule has 2 aromatic rings. The van der Waals surface area contributed by atoms with E-state index < -0.39 is 0 Å². The Bertz CT molecular complexity index is 646. The first-order valence-corrected chi connectivity index (χ1v) is 8.22. The van der Waals surface area contributed by atoms with Crippen molar-refractivity contribution >= 4 is 32.8 Å². The molecule has 0 aliphatic carbocycles. The zero-order valence-electron chi connectivity index (χ0n) is 13.0. The summed E-state index contributed by atoms with van der Waals surface area (Å²) in [6.45, 7) is 6.10.